The lowest BCUT2D eigenvalue weighted by Gasteiger charge is -2.21. The molecular weight excluding hydrogens is 453 g/mol. The first-order chi connectivity index (χ1) is 12.7. The molecule has 0 radical (unpaired) electrons. The number of aryl methyl sites for hydroxylation is 2. The topological polar surface area (TPSA) is 63.3 Å². The molecule has 0 saturated carbocycles. The van der Waals surface area contributed by atoms with Gasteiger partial charge in [-0.15, -0.1) is 24.0 Å². The summed E-state index contributed by atoms with van der Waals surface area (Å²) in [6.45, 7) is 2.63. The normalized spacial score (nSPS) is 17.4. The molecule has 4 rings (SSSR count). The van der Waals surface area contributed by atoms with E-state index in [0.29, 0.717) is 12.5 Å². The van der Waals surface area contributed by atoms with Gasteiger partial charge in [-0.1, -0.05) is 12.1 Å². The highest BCUT2D eigenvalue weighted by Gasteiger charge is 2.27. The van der Waals surface area contributed by atoms with E-state index in [1.165, 1.54) is 5.56 Å². The van der Waals surface area contributed by atoms with E-state index in [1.807, 2.05) is 43.2 Å². The molecule has 27 heavy (non-hydrogen) atoms. The molecule has 7 nitrogen and oxygen atoms in total. The van der Waals surface area contributed by atoms with Crippen LogP contribution in [0.15, 0.2) is 41.7 Å². The Morgan fingerprint density at radius 3 is 2.81 bits per heavy atom. The van der Waals surface area contributed by atoms with Gasteiger partial charge in [-0.2, -0.15) is 5.10 Å². The van der Waals surface area contributed by atoms with Gasteiger partial charge in [-0.25, -0.2) is 4.98 Å². The maximum Gasteiger partial charge on any atom is 0.194 e. The number of likely N-dealkylation sites (tertiary alicyclic amines) is 1. The van der Waals surface area contributed by atoms with E-state index in [0.717, 1.165) is 42.3 Å². The average molecular weight is 479 g/mol. The Morgan fingerprint density at radius 1 is 1.30 bits per heavy atom. The van der Waals surface area contributed by atoms with Crippen LogP contribution in [-0.4, -0.2) is 50.3 Å². The third-order valence-corrected chi connectivity index (χ3v) is 5.18. The third kappa shape index (κ3) is 3.95. The first kappa shape index (κ1) is 19.7. The highest BCUT2D eigenvalue weighted by atomic mass is 127. The van der Waals surface area contributed by atoms with Gasteiger partial charge in [-0.05, 0) is 24.1 Å². The fraction of sp³-hybridized carbons (Fsp3) is 0.421. The second-order valence-electron chi connectivity index (χ2n) is 6.86. The molecule has 0 spiro atoms. The van der Waals surface area contributed by atoms with E-state index in [4.69, 9.17) is 4.98 Å². The summed E-state index contributed by atoms with van der Waals surface area (Å²) < 4.78 is 4.01. The minimum atomic E-state index is 0. The SMILES string of the molecule is CN=C(NCc1nc2ccccc2n1C)N1CCC(c2cnn(C)c2)C1.I. The van der Waals surface area contributed by atoms with Gasteiger partial charge < -0.3 is 14.8 Å². The van der Waals surface area contributed by atoms with Crippen LogP contribution in [0.5, 0.6) is 0 Å². The summed E-state index contributed by atoms with van der Waals surface area (Å²) in [7, 11) is 5.87. The van der Waals surface area contributed by atoms with Crippen LogP contribution in [0.4, 0.5) is 0 Å². The Balaban J connectivity index is 0.00000210. The number of nitrogens with one attached hydrogen (secondary N) is 1. The molecular formula is C19H26IN7. The molecule has 1 N–H and O–H groups in total. The van der Waals surface area contributed by atoms with Crippen molar-refractivity contribution in [2.75, 3.05) is 20.1 Å². The van der Waals surface area contributed by atoms with Crippen molar-refractivity contribution in [1.82, 2.24) is 29.5 Å². The number of hydrogen-bond acceptors (Lipinski definition) is 3. The number of aromatic nitrogens is 4. The van der Waals surface area contributed by atoms with E-state index < -0.39 is 0 Å². The van der Waals surface area contributed by atoms with Gasteiger partial charge in [0.1, 0.15) is 5.82 Å². The maximum atomic E-state index is 4.73. The Hall–Kier alpha value is -2.10. The maximum absolute atomic E-state index is 4.73. The van der Waals surface area contributed by atoms with Crippen molar-refractivity contribution in [3.63, 3.8) is 0 Å². The van der Waals surface area contributed by atoms with Crippen molar-refractivity contribution in [2.45, 2.75) is 18.9 Å². The van der Waals surface area contributed by atoms with Crippen molar-refractivity contribution < 1.29 is 0 Å². The summed E-state index contributed by atoms with van der Waals surface area (Å²) in [4.78, 5) is 11.5. The predicted octanol–water partition coefficient (Wildman–Crippen LogP) is 2.49. The Bertz CT molecular complexity index is 943. The molecule has 0 amide bonds. The highest BCUT2D eigenvalue weighted by Crippen LogP contribution is 2.26. The van der Waals surface area contributed by atoms with E-state index in [9.17, 15) is 0 Å². The standard InChI is InChI=1S/C19H25N7.HI/c1-20-19(26-9-8-14(13-26)15-10-22-24(2)12-15)21-11-18-23-16-6-4-5-7-17(16)25(18)3;/h4-7,10,12,14H,8-9,11,13H2,1-3H3,(H,20,21);1H. The van der Waals surface area contributed by atoms with Gasteiger partial charge in [0.25, 0.3) is 0 Å². The predicted molar refractivity (Wildman–Crippen MR) is 118 cm³/mol. The third-order valence-electron chi connectivity index (χ3n) is 5.18. The van der Waals surface area contributed by atoms with Gasteiger partial charge in [0.2, 0.25) is 0 Å². The molecule has 1 atom stereocenters. The lowest BCUT2D eigenvalue weighted by Crippen LogP contribution is -2.39. The average Bonchev–Trinajstić information content (AvgIpc) is 3.36. The van der Waals surface area contributed by atoms with Gasteiger partial charge >= 0.3 is 0 Å². The molecule has 144 valence electrons. The number of rotatable bonds is 3. The van der Waals surface area contributed by atoms with Crippen molar-refractivity contribution in [3.05, 3.63) is 48.0 Å². The highest BCUT2D eigenvalue weighted by molar-refractivity contribution is 14.0. The van der Waals surface area contributed by atoms with Crippen LogP contribution in [0.2, 0.25) is 0 Å². The molecule has 0 aliphatic carbocycles. The second-order valence-corrected chi connectivity index (χ2v) is 6.86. The van der Waals surface area contributed by atoms with E-state index in [2.05, 4.69) is 44.2 Å². The zero-order chi connectivity index (χ0) is 18.1. The Kier molecular flexibility index (Phi) is 6.03. The first-order valence-electron chi connectivity index (χ1n) is 9.00. The summed E-state index contributed by atoms with van der Waals surface area (Å²) in [6.07, 6.45) is 5.21. The van der Waals surface area contributed by atoms with Crippen LogP contribution in [-0.2, 0) is 20.6 Å². The number of nitrogens with zero attached hydrogens (tertiary/aromatic N) is 6. The van der Waals surface area contributed by atoms with Crippen molar-refractivity contribution in [1.29, 1.82) is 0 Å². The van der Waals surface area contributed by atoms with Crippen molar-refractivity contribution >= 4 is 41.0 Å². The number of benzene rings is 1. The van der Waals surface area contributed by atoms with Gasteiger partial charge in [0, 0.05) is 46.3 Å². The van der Waals surface area contributed by atoms with Crippen LogP contribution in [0, 0.1) is 0 Å². The molecule has 1 fully saturated rings. The summed E-state index contributed by atoms with van der Waals surface area (Å²) in [6, 6.07) is 8.21. The summed E-state index contributed by atoms with van der Waals surface area (Å²) in [5.41, 5.74) is 3.48. The Labute approximate surface area is 176 Å². The van der Waals surface area contributed by atoms with Crippen molar-refractivity contribution in [2.24, 2.45) is 19.1 Å². The number of guanidine groups is 1. The minimum absolute atomic E-state index is 0. The summed E-state index contributed by atoms with van der Waals surface area (Å²) in [5.74, 6) is 2.46. The molecule has 3 aromatic rings. The molecule has 1 aromatic carbocycles. The molecule has 1 saturated heterocycles. The van der Waals surface area contributed by atoms with Gasteiger partial charge in [-0.3, -0.25) is 9.67 Å². The number of imidazole rings is 1. The van der Waals surface area contributed by atoms with Gasteiger partial charge in [0.05, 0.1) is 23.8 Å². The molecule has 1 unspecified atom stereocenters. The molecule has 1 aliphatic heterocycles. The quantitative estimate of drug-likeness (QED) is 0.356. The van der Waals surface area contributed by atoms with Crippen molar-refractivity contribution in [3.8, 4) is 0 Å². The lowest BCUT2D eigenvalue weighted by atomic mass is 10.0. The van der Waals surface area contributed by atoms with Crippen LogP contribution in [0.25, 0.3) is 11.0 Å². The Morgan fingerprint density at radius 2 is 2.11 bits per heavy atom. The number of fused-ring (bicyclic) bond motifs is 1. The van der Waals surface area contributed by atoms with Gasteiger partial charge in [0.15, 0.2) is 5.96 Å². The number of halogens is 1. The smallest absolute Gasteiger partial charge is 0.194 e. The van der Waals surface area contributed by atoms with Crippen LogP contribution in [0.3, 0.4) is 0 Å². The zero-order valence-corrected chi connectivity index (χ0v) is 18.3. The molecule has 0 bridgehead atoms. The van der Waals surface area contributed by atoms with Crippen LogP contribution in [0.1, 0.15) is 23.7 Å². The van der Waals surface area contributed by atoms with E-state index in [1.54, 1.807) is 0 Å². The monoisotopic (exact) mass is 479 g/mol. The molecule has 2 aromatic heterocycles. The fourth-order valence-corrected chi connectivity index (χ4v) is 3.72. The second kappa shape index (κ2) is 8.28. The number of aliphatic imine (C=N–C) groups is 1. The van der Waals surface area contributed by atoms with E-state index >= 15 is 0 Å². The van der Waals surface area contributed by atoms with E-state index in [-0.39, 0.29) is 24.0 Å². The number of para-hydroxylation sites is 2. The summed E-state index contributed by atoms with van der Waals surface area (Å²) >= 11 is 0. The fourth-order valence-electron chi connectivity index (χ4n) is 3.72. The molecule has 3 heterocycles. The van der Waals surface area contributed by atoms with Crippen LogP contribution >= 0.6 is 24.0 Å². The zero-order valence-electron chi connectivity index (χ0n) is 16.0. The first-order valence-corrected chi connectivity index (χ1v) is 9.00. The molecule has 1 aliphatic rings. The van der Waals surface area contributed by atoms with Crippen LogP contribution < -0.4 is 5.32 Å². The largest absolute Gasteiger partial charge is 0.349 e. The summed E-state index contributed by atoms with van der Waals surface area (Å²) in [5, 5.41) is 7.78. The minimum Gasteiger partial charge on any atom is -0.349 e. The lowest BCUT2D eigenvalue weighted by molar-refractivity contribution is 0.483. The molecule has 8 heteroatoms. The number of hydrogen-bond donors (Lipinski definition) is 1.